The minimum absolute atomic E-state index is 0.105. The highest BCUT2D eigenvalue weighted by molar-refractivity contribution is 9.10. The highest BCUT2D eigenvalue weighted by Crippen LogP contribution is 2.26. The highest BCUT2D eigenvalue weighted by atomic mass is 79.9. The van der Waals surface area contributed by atoms with Gasteiger partial charge in [-0.2, -0.15) is 0 Å². The zero-order valence-electron chi connectivity index (χ0n) is 9.62. The lowest BCUT2D eigenvalue weighted by Crippen LogP contribution is -2.44. The third kappa shape index (κ3) is 2.66. The molecule has 17 heavy (non-hydrogen) atoms. The molecule has 0 radical (unpaired) electrons. The van der Waals surface area contributed by atoms with Gasteiger partial charge in [0.15, 0.2) is 6.29 Å². The number of piperazine rings is 1. The van der Waals surface area contributed by atoms with Crippen molar-refractivity contribution in [3.63, 3.8) is 0 Å². The van der Waals surface area contributed by atoms with E-state index in [1.54, 1.807) is 12.1 Å². The Kier molecular flexibility index (Phi) is 3.79. The van der Waals surface area contributed by atoms with Gasteiger partial charge < -0.3 is 9.80 Å². The van der Waals surface area contributed by atoms with Crippen LogP contribution >= 0.6 is 15.9 Å². The first-order valence-corrected chi connectivity index (χ1v) is 6.29. The Morgan fingerprint density at radius 1 is 1.29 bits per heavy atom. The topological polar surface area (TPSA) is 23.6 Å². The van der Waals surface area contributed by atoms with Crippen molar-refractivity contribution in [2.75, 3.05) is 38.1 Å². The van der Waals surface area contributed by atoms with Crippen molar-refractivity contribution in [3.8, 4) is 0 Å². The second-order valence-electron chi connectivity index (χ2n) is 4.24. The SMILES string of the molecule is CN1CCN(c2cc(Br)c(F)c(C=O)c2)CC1. The molecule has 0 atom stereocenters. The number of benzene rings is 1. The molecular weight excluding hydrogens is 287 g/mol. The van der Waals surface area contributed by atoms with E-state index in [1.807, 2.05) is 0 Å². The van der Waals surface area contributed by atoms with Crippen LogP contribution in [0.3, 0.4) is 0 Å². The summed E-state index contributed by atoms with van der Waals surface area (Å²) in [7, 11) is 2.08. The minimum atomic E-state index is -0.488. The smallest absolute Gasteiger partial charge is 0.153 e. The van der Waals surface area contributed by atoms with E-state index in [0.717, 1.165) is 31.9 Å². The number of likely N-dealkylation sites (N-methyl/N-ethyl adjacent to an activating group) is 1. The third-order valence-corrected chi connectivity index (χ3v) is 3.61. The van der Waals surface area contributed by atoms with Crippen LogP contribution in [0.4, 0.5) is 10.1 Å². The van der Waals surface area contributed by atoms with E-state index in [2.05, 4.69) is 32.8 Å². The number of hydrogen-bond donors (Lipinski definition) is 0. The zero-order valence-corrected chi connectivity index (χ0v) is 11.2. The molecule has 0 aromatic heterocycles. The summed E-state index contributed by atoms with van der Waals surface area (Å²) in [6.07, 6.45) is 0.555. The fourth-order valence-corrected chi connectivity index (χ4v) is 2.39. The second kappa shape index (κ2) is 5.14. The monoisotopic (exact) mass is 300 g/mol. The van der Waals surface area contributed by atoms with E-state index in [1.165, 1.54) is 0 Å². The second-order valence-corrected chi connectivity index (χ2v) is 5.09. The van der Waals surface area contributed by atoms with Gasteiger partial charge in [0, 0.05) is 31.9 Å². The van der Waals surface area contributed by atoms with Crippen LogP contribution < -0.4 is 4.90 Å². The maximum absolute atomic E-state index is 13.5. The normalized spacial score (nSPS) is 17.2. The molecule has 2 rings (SSSR count). The van der Waals surface area contributed by atoms with Crippen LogP contribution in [0.25, 0.3) is 0 Å². The van der Waals surface area contributed by atoms with Crippen molar-refractivity contribution in [2.45, 2.75) is 0 Å². The first-order valence-electron chi connectivity index (χ1n) is 5.49. The Balaban J connectivity index is 2.27. The van der Waals surface area contributed by atoms with Crippen LogP contribution in [0.2, 0.25) is 0 Å². The third-order valence-electron chi connectivity index (χ3n) is 3.04. The summed E-state index contributed by atoms with van der Waals surface area (Å²) in [5, 5.41) is 0. The van der Waals surface area contributed by atoms with Crippen LogP contribution in [0.1, 0.15) is 10.4 Å². The molecule has 1 heterocycles. The largest absolute Gasteiger partial charge is 0.369 e. The number of carbonyl (C=O) groups is 1. The molecule has 0 spiro atoms. The maximum atomic E-state index is 13.5. The molecule has 5 heteroatoms. The first kappa shape index (κ1) is 12.5. The van der Waals surface area contributed by atoms with Gasteiger partial charge in [0.25, 0.3) is 0 Å². The van der Waals surface area contributed by atoms with Crippen LogP contribution in [0, 0.1) is 5.82 Å². The Morgan fingerprint density at radius 3 is 2.53 bits per heavy atom. The summed E-state index contributed by atoms with van der Waals surface area (Å²) in [5.41, 5.74) is 1.00. The average molecular weight is 301 g/mol. The van der Waals surface area contributed by atoms with Crippen molar-refractivity contribution in [1.29, 1.82) is 0 Å². The molecule has 0 aliphatic carbocycles. The van der Waals surface area contributed by atoms with Crippen molar-refractivity contribution >= 4 is 27.9 Å². The molecule has 1 saturated heterocycles. The lowest BCUT2D eigenvalue weighted by Gasteiger charge is -2.34. The van der Waals surface area contributed by atoms with Crippen LogP contribution in [-0.4, -0.2) is 44.4 Å². The van der Waals surface area contributed by atoms with Crippen molar-refractivity contribution < 1.29 is 9.18 Å². The van der Waals surface area contributed by atoms with Crippen molar-refractivity contribution in [1.82, 2.24) is 4.90 Å². The van der Waals surface area contributed by atoms with E-state index in [0.29, 0.717) is 10.8 Å². The van der Waals surface area contributed by atoms with Gasteiger partial charge in [-0.25, -0.2) is 4.39 Å². The molecule has 1 aliphatic rings. The fourth-order valence-electron chi connectivity index (χ4n) is 1.93. The van der Waals surface area contributed by atoms with E-state index < -0.39 is 5.82 Å². The summed E-state index contributed by atoms with van der Waals surface area (Å²) in [6.45, 7) is 3.75. The first-order chi connectivity index (χ1) is 8.11. The van der Waals surface area contributed by atoms with Gasteiger partial charge in [-0.15, -0.1) is 0 Å². The molecule has 0 bridgehead atoms. The van der Waals surface area contributed by atoms with Gasteiger partial charge in [0.1, 0.15) is 5.82 Å². The van der Waals surface area contributed by atoms with Crippen LogP contribution in [0.5, 0.6) is 0 Å². The minimum Gasteiger partial charge on any atom is -0.369 e. The standard InChI is InChI=1S/C12H14BrFN2O/c1-15-2-4-16(5-3-15)10-6-9(8-17)12(14)11(13)7-10/h6-8H,2-5H2,1H3. The van der Waals surface area contributed by atoms with Crippen molar-refractivity contribution in [2.24, 2.45) is 0 Å². The van der Waals surface area contributed by atoms with Crippen molar-refractivity contribution in [3.05, 3.63) is 28.0 Å². The van der Waals surface area contributed by atoms with E-state index >= 15 is 0 Å². The van der Waals surface area contributed by atoms with Gasteiger partial charge in [-0.05, 0) is 35.1 Å². The summed E-state index contributed by atoms with van der Waals surface area (Å²) >= 11 is 3.15. The number of carbonyl (C=O) groups excluding carboxylic acids is 1. The quantitative estimate of drug-likeness (QED) is 0.782. The Bertz CT molecular complexity index is 431. The molecule has 3 nitrogen and oxygen atoms in total. The molecule has 92 valence electrons. The molecule has 0 N–H and O–H groups in total. The summed E-state index contributed by atoms with van der Waals surface area (Å²) < 4.78 is 13.8. The van der Waals surface area contributed by atoms with Crippen LogP contribution in [0.15, 0.2) is 16.6 Å². The molecular formula is C12H14BrFN2O. The zero-order chi connectivity index (χ0) is 12.4. The predicted octanol–water partition coefficient (Wildman–Crippen LogP) is 2.15. The van der Waals surface area contributed by atoms with Gasteiger partial charge >= 0.3 is 0 Å². The summed E-state index contributed by atoms with van der Waals surface area (Å²) in [6, 6.07) is 3.34. The molecule has 1 aromatic rings. The van der Waals surface area contributed by atoms with Crippen LogP contribution in [-0.2, 0) is 0 Å². The van der Waals surface area contributed by atoms with Gasteiger partial charge in [-0.3, -0.25) is 4.79 Å². The summed E-state index contributed by atoms with van der Waals surface area (Å²) in [4.78, 5) is 15.2. The molecule has 0 unspecified atom stereocenters. The van der Waals surface area contributed by atoms with E-state index in [-0.39, 0.29) is 5.56 Å². The van der Waals surface area contributed by atoms with E-state index in [4.69, 9.17) is 0 Å². The number of halogens is 2. The lowest BCUT2D eigenvalue weighted by molar-refractivity contribution is 0.111. The number of nitrogens with zero attached hydrogens (tertiary/aromatic N) is 2. The molecule has 1 aliphatic heterocycles. The molecule has 0 amide bonds. The maximum Gasteiger partial charge on any atom is 0.153 e. The Labute approximate surface area is 108 Å². The number of hydrogen-bond acceptors (Lipinski definition) is 3. The predicted molar refractivity (Wildman–Crippen MR) is 69.2 cm³/mol. The number of rotatable bonds is 2. The molecule has 1 aromatic carbocycles. The fraction of sp³-hybridized carbons (Fsp3) is 0.417. The lowest BCUT2D eigenvalue weighted by atomic mass is 10.1. The van der Waals surface area contributed by atoms with Gasteiger partial charge in [0.2, 0.25) is 0 Å². The Morgan fingerprint density at radius 2 is 1.94 bits per heavy atom. The average Bonchev–Trinajstić information content (AvgIpc) is 2.33. The molecule has 1 fully saturated rings. The van der Waals surface area contributed by atoms with Gasteiger partial charge in [-0.1, -0.05) is 0 Å². The van der Waals surface area contributed by atoms with Gasteiger partial charge in [0.05, 0.1) is 10.0 Å². The highest BCUT2D eigenvalue weighted by Gasteiger charge is 2.17. The number of aldehydes is 1. The van der Waals surface area contributed by atoms with E-state index in [9.17, 15) is 9.18 Å². The summed E-state index contributed by atoms with van der Waals surface area (Å²) in [5.74, 6) is -0.488. The number of anilines is 1. The molecule has 0 saturated carbocycles. The Hall–Kier alpha value is -0.940.